The fourth-order valence-electron chi connectivity index (χ4n) is 2.69. The molecule has 1 aromatic carbocycles. The average Bonchev–Trinajstić information content (AvgIpc) is 3.04. The van der Waals surface area contributed by atoms with Crippen molar-refractivity contribution < 1.29 is 9.90 Å². The standard InChI is InChI=1S/C16H17NO2S/c1-2-17-14-6-5-11(8-12(14)9-16(17)19)15(18)10-13-4-3-7-20-13/h3-8,15,18H,2,9-10H2,1H3. The van der Waals surface area contributed by atoms with Gasteiger partial charge in [0.2, 0.25) is 5.91 Å². The zero-order chi connectivity index (χ0) is 14.1. The Morgan fingerprint density at radius 1 is 1.40 bits per heavy atom. The lowest BCUT2D eigenvalue weighted by Gasteiger charge is -2.16. The van der Waals surface area contributed by atoms with Gasteiger partial charge in [-0.2, -0.15) is 0 Å². The number of nitrogens with zero attached hydrogens (tertiary/aromatic N) is 1. The Labute approximate surface area is 122 Å². The second-order valence-corrected chi connectivity index (χ2v) is 6.03. The number of benzene rings is 1. The molecule has 20 heavy (non-hydrogen) atoms. The van der Waals surface area contributed by atoms with Crippen LogP contribution in [-0.2, 0) is 17.6 Å². The van der Waals surface area contributed by atoms with Gasteiger partial charge < -0.3 is 10.0 Å². The van der Waals surface area contributed by atoms with Crippen LogP contribution in [0.1, 0.15) is 29.0 Å². The van der Waals surface area contributed by atoms with Gasteiger partial charge in [-0.15, -0.1) is 11.3 Å². The number of likely N-dealkylation sites (N-methyl/N-ethyl adjacent to an activating group) is 1. The van der Waals surface area contributed by atoms with Crippen LogP contribution in [0.3, 0.4) is 0 Å². The Kier molecular flexibility index (Phi) is 3.59. The van der Waals surface area contributed by atoms with Gasteiger partial charge in [-0.05, 0) is 35.6 Å². The van der Waals surface area contributed by atoms with Crippen LogP contribution in [0.4, 0.5) is 5.69 Å². The molecule has 1 amide bonds. The SMILES string of the molecule is CCN1C(=O)Cc2cc(C(O)Cc3cccs3)ccc21. The van der Waals surface area contributed by atoms with Crippen LogP contribution >= 0.6 is 11.3 Å². The van der Waals surface area contributed by atoms with Crippen LogP contribution in [0.5, 0.6) is 0 Å². The predicted octanol–water partition coefficient (Wildman–Crippen LogP) is 2.93. The number of hydrogen-bond donors (Lipinski definition) is 1. The van der Waals surface area contributed by atoms with E-state index in [4.69, 9.17) is 0 Å². The summed E-state index contributed by atoms with van der Waals surface area (Å²) in [6, 6.07) is 9.88. The number of anilines is 1. The molecule has 0 saturated carbocycles. The van der Waals surface area contributed by atoms with Crippen LogP contribution in [0.25, 0.3) is 0 Å². The number of carbonyl (C=O) groups is 1. The summed E-state index contributed by atoms with van der Waals surface area (Å²) in [5.74, 6) is 0.146. The Morgan fingerprint density at radius 2 is 2.25 bits per heavy atom. The highest BCUT2D eigenvalue weighted by atomic mass is 32.1. The molecule has 0 radical (unpaired) electrons. The number of hydrogen-bond acceptors (Lipinski definition) is 3. The zero-order valence-corrected chi connectivity index (χ0v) is 12.2. The summed E-state index contributed by atoms with van der Waals surface area (Å²) >= 11 is 1.65. The van der Waals surface area contributed by atoms with Crippen molar-refractivity contribution >= 4 is 22.9 Å². The largest absolute Gasteiger partial charge is 0.388 e. The number of thiophene rings is 1. The summed E-state index contributed by atoms with van der Waals surface area (Å²) in [6.45, 7) is 2.68. The van der Waals surface area contributed by atoms with Crippen LogP contribution < -0.4 is 4.90 Å². The molecule has 3 nitrogen and oxygen atoms in total. The summed E-state index contributed by atoms with van der Waals surface area (Å²) in [4.78, 5) is 14.8. The monoisotopic (exact) mass is 287 g/mol. The minimum Gasteiger partial charge on any atom is -0.388 e. The van der Waals surface area contributed by atoms with Crippen molar-refractivity contribution in [1.82, 2.24) is 0 Å². The van der Waals surface area contributed by atoms with E-state index < -0.39 is 6.10 Å². The summed E-state index contributed by atoms with van der Waals surface area (Å²) in [7, 11) is 0. The number of aliphatic hydroxyl groups excluding tert-OH is 1. The lowest BCUT2D eigenvalue weighted by Crippen LogP contribution is -2.25. The minimum atomic E-state index is -0.510. The lowest BCUT2D eigenvalue weighted by molar-refractivity contribution is -0.117. The number of aliphatic hydroxyl groups is 1. The van der Waals surface area contributed by atoms with E-state index >= 15 is 0 Å². The molecular formula is C16H17NO2S. The maximum Gasteiger partial charge on any atom is 0.231 e. The third-order valence-electron chi connectivity index (χ3n) is 3.71. The molecule has 0 spiro atoms. The Hall–Kier alpha value is -1.65. The molecule has 1 N–H and O–H groups in total. The molecule has 0 fully saturated rings. The fraction of sp³-hybridized carbons (Fsp3) is 0.312. The van der Waals surface area contributed by atoms with E-state index in [1.54, 1.807) is 16.2 Å². The second-order valence-electron chi connectivity index (χ2n) is 5.00. The molecular weight excluding hydrogens is 270 g/mol. The highest BCUT2D eigenvalue weighted by Crippen LogP contribution is 2.32. The van der Waals surface area contributed by atoms with E-state index in [2.05, 4.69) is 0 Å². The molecule has 2 heterocycles. The summed E-state index contributed by atoms with van der Waals surface area (Å²) in [5, 5.41) is 12.3. The van der Waals surface area contributed by atoms with Gasteiger partial charge in [0, 0.05) is 23.5 Å². The van der Waals surface area contributed by atoms with Gasteiger partial charge in [0.05, 0.1) is 12.5 Å². The molecule has 1 aromatic heterocycles. The van der Waals surface area contributed by atoms with Crippen LogP contribution in [-0.4, -0.2) is 17.6 Å². The number of fused-ring (bicyclic) bond motifs is 1. The molecule has 1 atom stereocenters. The van der Waals surface area contributed by atoms with Gasteiger partial charge >= 0.3 is 0 Å². The maximum absolute atomic E-state index is 11.9. The van der Waals surface area contributed by atoms with Crippen LogP contribution in [0.15, 0.2) is 35.7 Å². The maximum atomic E-state index is 11.9. The highest BCUT2D eigenvalue weighted by molar-refractivity contribution is 7.09. The van der Waals surface area contributed by atoms with Crippen LogP contribution in [0, 0.1) is 0 Å². The van der Waals surface area contributed by atoms with Gasteiger partial charge in [0.25, 0.3) is 0 Å². The molecule has 1 unspecified atom stereocenters. The summed E-state index contributed by atoms with van der Waals surface area (Å²) in [5.41, 5.74) is 2.91. The van der Waals surface area contributed by atoms with Gasteiger partial charge in [-0.25, -0.2) is 0 Å². The van der Waals surface area contributed by atoms with Crippen molar-refractivity contribution in [3.05, 3.63) is 51.7 Å². The first kappa shape index (κ1) is 13.3. The first-order chi connectivity index (χ1) is 9.69. The molecule has 3 rings (SSSR count). The molecule has 0 bridgehead atoms. The van der Waals surface area contributed by atoms with E-state index in [1.165, 1.54) is 4.88 Å². The average molecular weight is 287 g/mol. The summed E-state index contributed by atoms with van der Waals surface area (Å²) < 4.78 is 0. The van der Waals surface area contributed by atoms with E-state index in [-0.39, 0.29) is 5.91 Å². The van der Waals surface area contributed by atoms with Crippen molar-refractivity contribution in [1.29, 1.82) is 0 Å². The smallest absolute Gasteiger partial charge is 0.231 e. The molecule has 104 valence electrons. The van der Waals surface area contributed by atoms with E-state index in [0.29, 0.717) is 19.4 Å². The molecule has 0 aliphatic carbocycles. The molecule has 4 heteroatoms. The van der Waals surface area contributed by atoms with Crippen molar-refractivity contribution in [2.75, 3.05) is 11.4 Å². The molecule has 1 aliphatic heterocycles. The lowest BCUT2D eigenvalue weighted by atomic mass is 10.0. The van der Waals surface area contributed by atoms with Gasteiger partial charge in [0.15, 0.2) is 0 Å². The van der Waals surface area contributed by atoms with Crippen molar-refractivity contribution in [3.63, 3.8) is 0 Å². The first-order valence-corrected chi connectivity index (χ1v) is 7.70. The zero-order valence-electron chi connectivity index (χ0n) is 11.4. The topological polar surface area (TPSA) is 40.5 Å². The predicted molar refractivity (Wildman–Crippen MR) is 81.2 cm³/mol. The molecule has 1 aliphatic rings. The third-order valence-corrected chi connectivity index (χ3v) is 4.61. The number of rotatable bonds is 4. The van der Waals surface area contributed by atoms with E-state index in [1.807, 2.05) is 42.6 Å². The van der Waals surface area contributed by atoms with E-state index in [0.717, 1.165) is 16.8 Å². The second kappa shape index (κ2) is 5.38. The van der Waals surface area contributed by atoms with Crippen LogP contribution in [0.2, 0.25) is 0 Å². The van der Waals surface area contributed by atoms with Crippen molar-refractivity contribution in [3.8, 4) is 0 Å². The van der Waals surface area contributed by atoms with Gasteiger partial charge in [0.1, 0.15) is 0 Å². The normalized spacial score (nSPS) is 15.5. The van der Waals surface area contributed by atoms with Gasteiger partial charge in [-0.1, -0.05) is 18.2 Å². The Balaban J connectivity index is 1.83. The Bertz CT molecular complexity index is 621. The van der Waals surface area contributed by atoms with Gasteiger partial charge in [-0.3, -0.25) is 4.79 Å². The summed E-state index contributed by atoms with van der Waals surface area (Å²) in [6.07, 6.45) is 0.565. The third kappa shape index (κ3) is 2.37. The van der Waals surface area contributed by atoms with E-state index in [9.17, 15) is 9.90 Å². The highest BCUT2D eigenvalue weighted by Gasteiger charge is 2.26. The first-order valence-electron chi connectivity index (χ1n) is 6.82. The van der Waals surface area contributed by atoms with Crippen molar-refractivity contribution in [2.45, 2.75) is 25.9 Å². The quantitative estimate of drug-likeness (QED) is 0.939. The minimum absolute atomic E-state index is 0.146. The number of carbonyl (C=O) groups excluding carboxylic acids is 1. The molecule has 2 aromatic rings. The molecule has 0 saturated heterocycles. The van der Waals surface area contributed by atoms with Crippen molar-refractivity contribution in [2.24, 2.45) is 0 Å². The number of amides is 1. The Morgan fingerprint density at radius 3 is 2.95 bits per heavy atom. The fourth-order valence-corrected chi connectivity index (χ4v) is 3.44.